The van der Waals surface area contributed by atoms with E-state index in [2.05, 4.69) is 0 Å². The van der Waals surface area contributed by atoms with E-state index in [0.29, 0.717) is 0 Å². The van der Waals surface area contributed by atoms with Crippen LogP contribution in [0.15, 0.2) is 30.3 Å². The van der Waals surface area contributed by atoms with E-state index in [1.165, 1.54) is 18.2 Å². The summed E-state index contributed by atoms with van der Waals surface area (Å²) in [7, 11) is -16.9. The molecule has 232 valence electrons. The van der Waals surface area contributed by atoms with Gasteiger partial charge < -0.3 is 9.47 Å². The minimum absolute atomic E-state index is 0.304. The van der Waals surface area contributed by atoms with Crippen LogP contribution in [0.1, 0.15) is 12.0 Å². The number of sulfonamides is 2. The Kier molecular flexibility index (Phi) is 8.63. The predicted molar refractivity (Wildman–Crippen MR) is 101 cm³/mol. The first kappa shape index (κ1) is 34.2. The molecule has 0 spiro atoms. The second-order valence-electron chi connectivity index (χ2n) is 7.75. The maximum atomic E-state index is 14.2. The van der Waals surface area contributed by atoms with E-state index in [1.807, 2.05) is 0 Å². The fourth-order valence-electron chi connectivity index (χ4n) is 3.12. The van der Waals surface area contributed by atoms with E-state index in [9.17, 15) is 78.3 Å². The van der Waals surface area contributed by atoms with Crippen molar-refractivity contribution in [1.29, 1.82) is 0 Å². The van der Waals surface area contributed by atoms with Crippen LogP contribution in [0.5, 0.6) is 0 Å². The molecule has 1 fully saturated rings. The molecule has 0 amide bonds. The zero-order chi connectivity index (χ0) is 31.4. The summed E-state index contributed by atoms with van der Waals surface area (Å²) in [5.74, 6) is -18.1. The Balaban J connectivity index is 2.81. The van der Waals surface area contributed by atoms with Crippen LogP contribution in [-0.4, -0.2) is 75.0 Å². The molecule has 1 aromatic carbocycles. The Morgan fingerprint density at radius 1 is 0.650 bits per heavy atom. The molecule has 0 unspecified atom stereocenters. The molecule has 0 aromatic heterocycles. The van der Waals surface area contributed by atoms with Crippen molar-refractivity contribution in [3.8, 4) is 0 Å². The van der Waals surface area contributed by atoms with Crippen molar-refractivity contribution in [2.45, 2.75) is 46.9 Å². The fraction of sp³-hybridized carbons (Fsp3) is 0.647. The zero-order valence-corrected chi connectivity index (χ0v) is 20.4. The molecular weight excluding hydrogens is 644 g/mol. The van der Waals surface area contributed by atoms with Crippen LogP contribution < -0.4 is 0 Å². The van der Waals surface area contributed by atoms with E-state index in [-0.39, 0.29) is 5.56 Å². The Labute approximate surface area is 214 Å². The molecule has 1 aromatic rings. The summed E-state index contributed by atoms with van der Waals surface area (Å²) in [6.45, 7) is -3.68. The Morgan fingerprint density at radius 3 is 1.32 bits per heavy atom. The van der Waals surface area contributed by atoms with Gasteiger partial charge in [0.25, 0.3) is 20.0 Å². The molecule has 0 N–H and O–H groups in total. The fourth-order valence-corrected chi connectivity index (χ4v) is 6.77. The number of hydrogen-bond donors (Lipinski definition) is 0. The lowest BCUT2D eigenvalue weighted by molar-refractivity contribution is -0.333. The third-order valence-corrected chi connectivity index (χ3v) is 9.64. The molecule has 1 aliphatic heterocycles. The molecule has 0 aliphatic carbocycles. The number of halogens is 14. The number of alkyl halides is 14. The highest BCUT2D eigenvalue weighted by molar-refractivity contribution is 8.05. The molecule has 40 heavy (non-hydrogen) atoms. The highest BCUT2D eigenvalue weighted by Crippen LogP contribution is 2.54. The van der Waals surface area contributed by atoms with Crippen LogP contribution >= 0.6 is 0 Å². The van der Waals surface area contributed by atoms with Gasteiger partial charge in [-0.05, 0) is 0 Å². The topological polar surface area (TPSA) is 90.0 Å². The van der Waals surface area contributed by atoms with Crippen molar-refractivity contribution in [1.82, 2.24) is 3.71 Å². The van der Waals surface area contributed by atoms with E-state index in [0.717, 1.165) is 12.1 Å². The molecule has 1 saturated heterocycles. The van der Waals surface area contributed by atoms with Gasteiger partial charge in [-0.15, -0.1) is 0 Å². The van der Waals surface area contributed by atoms with Crippen molar-refractivity contribution in [2.75, 3.05) is 19.8 Å². The Bertz CT molecular complexity index is 1210. The minimum Gasteiger partial charge on any atom is -0.343 e. The van der Waals surface area contributed by atoms with E-state index < -0.39 is 90.4 Å². The minimum atomic E-state index is -8.44. The van der Waals surface area contributed by atoms with Gasteiger partial charge in [0.15, 0.2) is 5.79 Å². The van der Waals surface area contributed by atoms with Crippen LogP contribution in [0.2, 0.25) is 0 Å². The number of benzene rings is 1. The monoisotopic (exact) mass is 657 g/mol. The van der Waals surface area contributed by atoms with Gasteiger partial charge >= 0.3 is 34.7 Å². The first-order chi connectivity index (χ1) is 17.7. The lowest BCUT2D eigenvalue weighted by Gasteiger charge is -2.36. The van der Waals surface area contributed by atoms with Crippen molar-refractivity contribution in [3.63, 3.8) is 0 Å². The first-order valence-electron chi connectivity index (χ1n) is 9.90. The first-order valence-corrected chi connectivity index (χ1v) is 12.8. The molecule has 0 atom stereocenters. The van der Waals surface area contributed by atoms with E-state index in [1.54, 1.807) is 0 Å². The van der Waals surface area contributed by atoms with E-state index >= 15 is 0 Å². The zero-order valence-electron chi connectivity index (χ0n) is 18.7. The molecule has 1 heterocycles. The Hall–Kier alpha value is -1.98. The number of ether oxygens (including phenoxy) is 2. The average Bonchev–Trinajstić information content (AvgIpc) is 3.27. The van der Waals surface area contributed by atoms with Crippen LogP contribution in [0.4, 0.5) is 61.5 Å². The summed E-state index contributed by atoms with van der Waals surface area (Å²) in [6.07, 6.45) is -16.8. The molecule has 0 saturated carbocycles. The maximum absolute atomic E-state index is 14.2. The summed E-state index contributed by atoms with van der Waals surface area (Å²) < 4.78 is 243. The highest BCUT2D eigenvalue weighted by Gasteiger charge is 2.84. The highest BCUT2D eigenvalue weighted by atomic mass is 32.3. The molecule has 0 radical (unpaired) electrons. The van der Waals surface area contributed by atoms with Crippen LogP contribution in [0, 0.1) is 0 Å². The van der Waals surface area contributed by atoms with Crippen molar-refractivity contribution < 1.29 is 87.8 Å². The van der Waals surface area contributed by atoms with Gasteiger partial charge in [0.2, 0.25) is 0 Å². The maximum Gasteiger partial charge on any atom is 0.461 e. The number of rotatable bonds is 10. The van der Waals surface area contributed by atoms with Gasteiger partial charge in [-0.2, -0.15) is 61.5 Å². The third kappa shape index (κ3) is 5.11. The van der Waals surface area contributed by atoms with Crippen LogP contribution in [0.25, 0.3) is 0 Å². The molecule has 23 heteroatoms. The SMILES string of the molecule is O=S(=O)(N(CCC1(c2ccccc2)OCCO1)S(=O)(=O)C(F)(F)C(F)(F)C(F)(F)F)C(F)(F)C(F)(F)C(F)(F)F. The second kappa shape index (κ2) is 10.1. The predicted octanol–water partition coefficient (Wildman–Crippen LogP) is 4.82. The second-order valence-corrected chi connectivity index (χ2v) is 11.8. The van der Waals surface area contributed by atoms with E-state index in [4.69, 9.17) is 9.47 Å². The Morgan fingerprint density at radius 2 is 1.00 bits per heavy atom. The molecule has 0 bridgehead atoms. The normalized spacial score (nSPS) is 18.4. The largest absolute Gasteiger partial charge is 0.461 e. The van der Waals surface area contributed by atoms with Crippen LogP contribution in [0.3, 0.4) is 0 Å². The summed E-state index contributed by atoms with van der Waals surface area (Å²) in [5.41, 5.74) is -0.304. The summed E-state index contributed by atoms with van der Waals surface area (Å²) in [5, 5.41) is -15.5. The number of hydrogen-bond acceptors (Lipinski definition) is 6. The molecule has 1 aliphatic rings. The summed E-state index contributed by atoms with van der Waals surface area (Å²) >= 11 is 0. The van der Waals surface area contributed by atoms with Crippen molar-refractivity contribution in [3.05, 3.63) is 35.9 Å². The number of nitrogens with zero attached hydrogens (tertiary/aromatic N) is 1. The molecule has 2 rings (SSSR count). The van der Waals surface area contributed by atoms with Gasteiger partial charge in [-0.1, -0.05) is 34.0 Å². The van der Waals surface area contributed by atoms with Gasteiger partial charge in [0, 0.05) is 18.5 Å². The van der Waals surface area contributed by atoms with Gasteiger partial charge in [-0.25, -0.2) is 16.8 Å². The smallest absolute Gasteiger partial charge is 0.343 e. The van der Waals surface area contributed by atoms with Gasteiger partial charge in [-0.3, -0.25) is 0 Å². The lowest BCUT2D eigenvalue weighted by atomic mass is 10.0. The quantitative estimate of drug-likeness (QED) is 0.336. The van der Waals surface area contributed by atoms with Crippen LogP contribution in [-0.2, 0) is 35.3 Å². The third-order valence-electron chi connectivity index (χ3n) is 5.22. The van der Waals surface area contributed by atoms with Crippen molar-refractivity contribution >= 4 is 20.0 Å². The van der Waals surface area contributed by atoms with Gasteiger partial charge in [0.1, 0.15) is 0 Å². The van der Waals surface area contributed by atoms with Crippen molar-refractivity contribution in [2.24, 2.45) is 0 Å². The standard InChI is InChI=1S/C17H13F14NO6S2/c18-12(19,14(22,23)24)16(28,29)39(33,34)32(40(35,36)17(30,31)13(20,21)15(25,26)27)7-6-11(37-8-9-38-11)10-4-2-1-3-5-10/h1-5H,6-9H2. The molecule has 7 nitrogen and oxygen atoms in total. The lowest BCUT2D eigenvalue weighted by Crippen LogP contribution is -2.65. The average molecular weight is 657 g/mol. The summed E-state index contributed by atoms with van der Waals surface area (Å²) in [6, 6.07) is 5.69. The summed E-state index contributed by atoms with van der Waals surface area (Å²) in [4.78, 5) is 0. The molecular formula is C17H13F14NO6S2. The van der Waals surface area contributed by atoms with Gasteiger partial charge in [0.05, 0.1) is 13.2 Å².